The van der Waals surface area contributed by atoms with E-state index in [2.05, 4.69) is 0 Å². The van der Waals surface area contributed by atoms with Gasteiger partial charge in [-0.2, -0.15) is 0 Å². The number of esters is 2. The van der Waals surface area contributed by atoms with Gasteiger partial charge in [0.05, 0.1) is 13.2 Å². The Morgan fingerprint density at radius 3 is 1.15 bits per heavy atom. The summed E-state index contributed by atoms with van der Waals surface area (Å²) in [5.74, 6) is -3.62. The molecule has 0 amide bonds. The molecule has 8 nitrogen and oxygen atoms in total. The molecular formula is C32H46O8. The molecule has 40 heavy (non-hydrogen) atoms. The van der Waals surface area contributed by atoms with Crippen LogP contribution in [0.1, 0.15) is 118 Å². The second-order valence-electron chi connectivity index (χ2n) is 13.6. The Hall–Kier alpha value is -2.38. The van der Waals surface area contributed by atoms with E-state index in [0.717, 1.165) is 64.2 Å². The summed E-state index contributed by atoms with van der Waals surface area (Å²) in [5, 5.41) is 0. The van der Waals surface area contributed by atoms with Crippen LogP contribution < -0.4 is 0 Å². The molecule has 0 aromatic heterocycles. The van der Waals surface area contributed by atoms with Gasteiger partial charge >= 0.3 is 11.9 Å². The van der Waals surface area contributed by atoms with E-state index in [1.165, 1.54) is 0 Å². The molecule has 0 spiro atoms. The Bertz CT molecular complexity index is 987. The highest BCUT2D eigenvalue weighted by Gasteiger charge is 2.74. The average Bonchev–Trinajstić information content (AvgIpc) is 3.44. The van der Waals surface area contributed by atoms with Gasteiger partial charge in [-0.05, 0) is 49.4 Å². The van der Waals surface area contributed by atoms with Gasteiger partial charge in [0.1, 0.15) is 10.8 Å². The monoisotopic (exact) mass is 558 g/mol. The molecule has 4 bridgehead atoms. The smallest absolute Gasteiger partial charge is 0.320 e. The summed E-state index contributed by atoms with van der Waals surface area (Å²) in [6.07, 6.45) is 12.1. The maximum Gasteiger partial charge on any atom is 0.320 e. The third-order valence-electron chi connectivity index (χ3n) is 11.1. The molecule has 0 aromatic rings. The fourth-order valence-electron chi connectivity index (χ4n) is 8.26. The first-order valence-electron chi connectivity index (χ1n) is 15.4. The molecule has 4 atom stereocenters. The number of unbranched alkanes of at least 4 members (excludes halogenated alkanes) is 9. The maximum absolute atomic E-state index is 12.8. The zero-order valence-electron chi connectivity index (χ0n) is 24.7. The Labute approximate surface area is 237 Å². The molecule has 4 saturated carbocycles. The minimum Gasteiger partial charge on any atom is -0.465 e. The van der Waals surface area contributed by atoms with Crippen LogP contribution in [0.4, 0.5) is 0 Å². The van der Waals surface area contributed by atoms with Crippen LogP contribution in [0.2, 0.25) is 0 Å². The first-order valence-corrected chi connectivity index (χ1v) is 15.4. The SMILES string of the molecule is CC1(C)C2CCC1(C(=O)OCCCCCCCCCCCCOC(=O)C13CCC(C(=O)C1=O)C3(C)C)C(=O)C2=O. The standard InChI is InChI=1S/C32H46O8/c1-29(2)21-15-17-31(29,25(35)23(21)33)27(37)39-19-13-11-9-7-5-6-8-10-12-14-20-40-28(38)32-18-16-22(30(32,3)4)24(34)26(32)36/h21-22H,5-20H2,1-4H3. The summed E-state index contributed by atoms with van der Waals surface area (Å²) >= 11 is 0. The van der Waals surface area contributed by atoms with E-state index < -0.39 is 56.7 Å². The van der Waals surface area contributed by atoms with Gasteiger partial charge < -0.3 is 9.47 Å². The molecule has 4 rings (SSSR count). The van der Waals surface area contributed by atoms with Gasteiger partial charge in [0.15, 0.2) is 0 Å². The van der Waals surface area contributed by atoms with Crippen molar-refractivity contribution in [3.63, 3.8) is 0 Å². The number of fused-ring (bicyclic) bond motifs is 4. The molecule has 0 saturated heterocycles. The molecule has 0 aromatic carbocycles. The van der Waals surface area contributed by atoms with Crippen molar-refractivity contribution in [2.75, 3.05) is 13.2 Å². The fourth-order valence-corrected chi connectivity index (χ4v) is 8.26. The van der Waals surface area contributed by atoms with E-state index in [1.807, 2.05) is 27.7 Å². The number of carbonyl (C=O) groups is 6. The number of ketones is 4. The first-order chi connectivity index (χ1) is 18.9. The molecule has 222 valence electrons. The quantitative estimate of drug-likeness (QED) is 0.117. The van der Waals surface area contributed by atoms with Gasteiger partial charge in [-0.1, -0.05) is 79.1 Å². The van der Waals surface area contributed by atoms with Crippen LogP contribution in [0.3, 0.4) is 0 Å². The summed E-state index contributed by atoms with van der Waals surface area (Å²) in [7, 11) is 0. The second kappa shape index (κ2) is 11.5. The molecule has 4 fully saturated rings. The number of ether oxygens (including phenoxy) is 2. The minimum absolute atomic E-state index is 0.289. The fraction of sp³-hybridized carbons (Fsp3) is 0.812. The second-order valence-corrected chi connectivity index (χ2v) is 13.6. The van der Waals surface area contributed by atoms with E-state index in [0.29, 0.717) is 25.7 Å². The van der Waals surface area contributed by atoms with E-state index in [4.69, 9.17) is 9.47 Å². The van der Waals surface area contributed by atoms with Gasteiger partial charge in [0, 0.05) is 11.8 Å². The lowest BCUT2D eigenvalue weighted by Crippen LogP contribution is -2.45. The lowest BCUT2D eigenvalue weighted by Gasteiger charge is -2.32. The highest BCUT2D eigenvalue weighted by atomic mass is 16.5. The zero-order valence-corrected chi connectivity index (χ0v) is 24.7. The van der Waals surface area contributed by atoms with Crippen LogP contribution in [-0.2, 0) is 38.2 Å². The normalized spacial score (nSPS) is 31.3. The third-order valence-corrected chi connectivity index (χ3v) is 11.1. The third kappa shape index (κ3) is 4.57. The Morgan fingerprint density at radius 2 is 0.875 bits per heavy atom. The molecule has 0 radical (unpaired) electrons. The maximum atomic E-state index is 12.8. The first kappa shape index (κ1) is 30.6. The summed E-state index contributed by atoms with van der Waals surface area (Å²) in [4.78, 5) is 75.1. The van der Waals surface area contributed by atoms with Crippen molar-refractivity contribution in [2.24, 2.45) is 33.5 Å². The Morgan fingerprint density at radius 1 is 0.575 bits per heavy atom. The number of Topliss-reactive ketones (excluding diaryl/α,β-unsaturated/α-hetero) is 4. The van der Waals surface area contributed by atoms with Crippen molar-refractivity contribution in [1.82, 2.24) is 0 Å². The van der Waals surface area contributed by atoms with E-state index in [9.17, 15) is 28.8 Å². The lowest BCUT2D eigenvalue weighted by atomic mass is 9.69. The van der Waals surface area contributed by atoms with Crippen LogP contribution in [0, 0.1) is 33.5 Å². The molecule has 0 N–H and O–H groups in total. The molecule has 8 heteroatoms. The highest BCUT2D eigenvalue weighted by molar-refractivity contribution is 6.47. The minimum atomic E-state index is -1.28. The Balaban J connectivity index is 0.994. The Kier molecular flexibility index (Phi) is 8.77. The molecule has 0 heterocycles. The van der Waals surface area contributed by atoms with Crippen molar-refractivity contribution < 1.29 is 38.2 Å². The van der Waals surface area contributed by atoms with Crippen molar-refractivity contribution in [3.05, 3.63) is 0 Å². The van der Waals surface area contributed by atoms with Crippen LogP contribution in [0.5, 0.6) is 0 Å². The van der Waals surface area contributed by atoms with Crippen molar-refractivity contribution in [3.8, 4) is 0 Å². The molecule has 0 aliphatic heterocycles. The average molecular weight is 559 g/mol. The van der Waals surface area contributed by atoms with Crippen LogP contribution >= 0.6 is 0 Å². The van der Waals surface area contributed by atoms with Gasteiger partial charge in [0.2, 0.25) is 23.1 Å². The van der Waals surface area contributed by atoms with E-state index >= 15 is 0 Å². The highest BCUT2D eigenvalue weighted by Crippen LogP contribution is 2.63. The molecular weight excluding hydrogens is 512 g/mol. The van der Waals surface area contributed by atoms with Crippen LogP contribution in [-0.4, -0.2) is 48.3 Å². The number of carbonyl (C=O) groups excluding carboxylic acids is 6. The summed E-state index contributed by atoms with van der Waals surface area (Å²) < 4.78 is 11.0. The van der Waals surface area contributed by atoms with E-state index in [1.54, 1.807) is 0 Å². The van der Waals surface area contributed by atoms with Gasteiger partial charge in [0.25, 0.3) is 0 Å². The molecule has 4 aliphatic carbocycles. The molecule has 4 unspecified atom stereocenters. The van der Waals surface area contributed by atoms with Crippen molar-refractivity contribution in [2.45, 2.75) is 118 Å². The van der Waals surface area contributed by atoms with Crippen LogP contribution in [0.25, 0.3) is 0 Å². The van der Waals surface area contributed by atoms with Gasteiger partial charge in [-0.3, -0.25) is 28.8 Å². The summed E-state index contributed by atoms with van der Waals surface area (Å²) in [6.45, 7) is 7.96. The predicted molar refractivity (Wildman–Crippen MR) is 146 cm³/mol. The van der Waals surface area contributed by atoms with Gasteiger partial charge in [-0.15, -0.1) is 0 Å². The molecule has 4 aliphatic rings. The van der Waals surface area contributed by atoms with Gasteiger partial charge in [-0.25, -0.2) is 0 Å². The van der Waals surface area contributed by atoms with Crippen molar-refractivity contribution >= 4 is 35.1 Å². The predicted octanol–water partition coefficient (Wildman–Crippen LogP) is 5.12. The largest absolute Gasteiger partial charge is 0.465 e. The van der Waals surface area contributed by atoms with Crippen LogP contribution in [0.15, 0.2) is 0 Å². The number of rotatable bonds is 15. The lowest BCUT2D eigenvalue weighted by molar-refractivity contribution is -0.166. The summed E-state index contributed by atoms with van der Waals surface area (Å²) in [6, 6.07) is 0. The van der Waals surface area contributed by atoms with E-state index in [-0.39, 0.29) is 25.0 Å². The zero-order chi connectivity index (χ0) is 29.3. The summed E-state index contributed by atoms with van der Waals surface area (Å²) in [5.41, 5.74) is -3.86. The number of hydrogen-bond donors (Lipinski definition) is 0. The van der Waals surface area contributed by atoms with Crippen molar-refractivity contribution in [1.29, 1.82) is 0 Å². The topological polar surface area (TPSA) is 121 Å². The number of hydrogen-bond acceptors (Lipinski definition) is 8.